The van der Waals surface area contributed by atoms with Crippen LogP contribution >= 0.6 is 0 Å². The van der Waals surface area contributed by atoms with Gasteiger partial charge in [-0.05, 0) is 12.5 Å². The molecule has 2 rings (SSSR count). The molecule has 0 spiro atoms. The molecule has 1 unspecified atom stereocenters. The van der Waals surface area contributed by atoms with Crippen molar-refractivity contribution in [2.45, 2.75) is 19.6 Å². The molecule has 0 radical (unpaired) electrons. The van der Waals surface area contributed by atoms with Crippen molar-refractivity contribution >= 4 is 0 Å². The Morgan fingerprint density at radius 2 is 2.04 bits per heavy atom. The number of rotatable bonds is 11. The Balaban J connectivity index is 1.86. The van der Waals surface area contributed by atoms with Gasteiger partial charge in [-0.15, -0.1) is 6.58 Å². The van der Waals surface area contributed by atoms with Crippen molar-refractivity contribution in [2.24, 2.45) is 0 Å². The van der Waals surface area contributed by atoms with Crippen LogP contribution < -0.4 is 0 Å². The molecular formula is C20H32N2O3. The second kappa shape index (κ2) is 11.4. The lowest BCUT2D eigenvalue weighted by Crippen LogP contribution is -2.43. The van der Waals surface area contributed by atoms with Crippen LogP contribution in [0.5, 0.6) is 0 Å². The molecular weight excluding hydrogens is 316 g/mol. The van der Waals surface area contributed by atoms with Crippen LogP contribution in [0.3, 0.4) is 0 Å². The quantitative estimate of drug-likeness (QED) is 0.487. The van der Waals surface area contributed by atoms with E-state index in [1.165, 1.54) is 11.1 Å². The van der Waals surface area contributed by atoms with Crippen molar-refractivity contribution < 1.29 is 14.6 Å². The van der Waals surface area contributed by atoms with E-state index in [-0.39, 0.29) is 0 Å². The summed E-state index contributed by atoms with van der Waals surface area (Å²) in [5.41, 5.74) is 2.54. The highest BCUT2D eigenvalue weighted by molar-refractivity contribution is 5.21. The van der Waals surface area contributed by atoms with E-state index in [0.29, 0.717) is 19.8 Å². The fourth-order valence-electron chi connectivity index (χ4n) is 2.93. The van der Waals surface area contributed by atoms with E-state index in [0.717, 1.165) is 45.9 Å². The van der Waals surface area contributed by atoms with Crippen molar-refractivity contribution in [1.29, 1.82) is 0 Å². The number of aliphatic hydroxyl groups is 1. The number of morpholine rings is 1. The molecule has 1 aliphatic rings. The molecule has 0 bridgehead atoms. The zero-order chi connectivity index (χ0) is 17.9. The van der Waals surface area contributed by atoms with Gasteiger partial charge in [0.2, 0.25) is 0 Å². The zero-order valence-electron chi connectivity index (χ0n) is 15.4. The van der Waals surface area contributed by atoms with Gasteiger partial charge in [0.25, 0.3) is 0 Å². The monoisotopic (exact) mass is 348 g/mol. The van der Waals surface area contributed by atoms with Gasteiger partial charge in [-0.3, -0.25) is 9.80 Å². The first-order chi connectivity index (χ1) is 12.2. The summed E-state index contributed by atoms with van der Waals surface area (Å²) in [6.07, 6.45) is 1.21. The van der Waals surface area contributed by atoms with E-state index in [1.54, 1.807) is 6.08 Å². The lowest BCUT2D eigenvalue weighted by Gasteiger charge is -2.31. The molecule has 25 heavy (non-hydrogen) atoms. The van der Waals surface area contributed by atoms with Crippen LogP contribution in [0.1, 0.15) is 11.1 Å². The van der Waals surface area contributed by atoms with Gasteiger partial charge in [0.15, 0.2) is 0 Å². The molecule has 5 nitrogen and oxygen atoms in total. The minimum Gasteiger partial charge on any atom is -0.389 e. The van der Waals surface area contributed by atoms with E-state index < -0.39 is 6.10 Å². The fraction of sp³-hybridized carbons (Fsp3) is 0.600. The molecule has 0 aliphatic carbocycles. The summed E-state index contributed by atoms with van der Waals surface area (Å²) in [5.74, 6) is 0. The highest BCUT2D eigenvalue weighted by Crippen LogP contribution is 2.09. The largest absolute Gasteiger partial charge is 0.389 e. The second-order valence-electron chi connectivity index (χ2n) is 6.65. The molecule has 1 aromatic carbocycles. The molecule has 1 heterocycles. The van der Waals surface area contributed by atoms with Gasteiger partial charge in [-0.2, -0.15) is 0 Å². The Morgan fingerprint density at radius 1 is 1.32 bits per heavy atom. The second-order valence-corrected chi connectivity index (χ2v) is 6.65. The molecule has 5 heteroatoms. The maximum atomic E-state index is 10.3. The fourth-order valence-corrected chi connectivity index (χ4v) is 2.93. The van der Waals surface area contributed by atoms with E-state index in [4.69, 9.17) is 9.47 Å². The third-order valence-corrected chi connectivity index (χ3v) is 4.38. The van der Waals surface area contributed by atoms with Gasteiger partial charge in [-0.25, -0.2) is 0 Å². The molecule has 0 aromatic heterocycles. The van der Waals surface area contributed by atoms with Crippen LogP contribution in [-0.4, -0.2) is 80.2 Å². The summed E-state index contributed by atoms with van der Waals surface area (Å²) >= 11 is 0. The normalized spacial score (nSPS) is 16.9. The van der Waals surface area contributed by atoms with Crippen LogP contribution in [0.15, 0.2) is 36.9 Å². The molecule has 140 valence electrons. The van der Waals surface area contributed by atoms with E-state index in [1.807, 2.05) is 0 Å². The van der Waals surface area contributed by atoms with E-state index in [9.17, 15) is 5.11 Å². The summed E-state index contributed by atoms with van der Waals surface area (Å²) < 4.78 is 10.8. The maximum absolute atomic E-state index is 10.3. The predicted octanol–water partition coefficient (Wildman–Crippen LogP) is 1.69. The van der Waals surface area contributed by atoms with Gasteiger partial charge in [-0.1, -0.05) is 35.9 Å². The SMILES string of the molecule is C=CCOCC(O)CN(CCN1CCOCC1)Cc1ccc(C)cc1. The van der Waals surface area contributed by atoms with Crippen LogP contribution in [0.4, 0.5) is 0 Å². The van der Waals surface area contributed by atoms with Crippen molar-refractivity contribution in [3.8, 4) is 0 Å². The standard InChI is InChI=1S/C20H32N2O3/c1-3-12-25-17-20(23)16-22(9-8-21-10-13-24-14-11-21)15-19-6-4-18(2)5-7-19/h3-7,20,23H,1,8-17H2,2H3. The topological polar surface area (TPSA) is 45.2 Å². The Bertz CT molecular complexity index is 486. The van der Waals surface area contributed by atoms with Gasteiger partial charge >= 0.3 is 0 Å². The predicted molar refractivity (Wildman–Crippen MR) is 101 cm³/mol. The first-order valence-electron chi connectivity index (χ1n) is 9.12. The summed E-state index contributed by atoms with van der Waals surface area (Å²) in [5, 5.41) is 10.3. The number of hydrogen-bond acceptors (Lipinski definition) is 5. The lowest BCUT2D eigenvalue weighted by atomic mass is 10.1. The van der Waals surface area contributed by atoms with Gasteiger partial charge in [0.05, 0.1) is 32.5 Å². The van der Waals surface area contributed by atoms with Crippen LogP contribution in [-0.2, 0) is 16.0 Å². The Labute approximate surface area is 151 Å². The molecule has 1 N–H and O–H groups in total. The van der Waals surface area contributed by atoms with Crippen molar-refractivity contribution in [2.75, 3.05) is 59.2 Å². The molecule has 1 aromatic rings. The van der Waals surface area contributed by atoms with Crippen molar-refractivity contribution in [3.05, 3.63) is 48.0 Å². The Morgan fingerprint density at radius 3 is 2.72 bits per heavy atom. The Kier molecular flexibility index (Phi) is 9.15. The number of ether oxygens (including phenoxy) is 2. The summed E-state index contributed by atoms with van der Waals surface area (Å²) in [6, 6.07) is 8.60. The number of hydrogen-bond donors (Lipinski definition) is 1. The third kappa shape index (κ3) is 8.12. The lowest BCUT2D eigenvalue weighted by molar-refractivity contribution is 0.0128. The Hall–Kier alpha value is -1.24. The minimum absolute atomic E-state index is 0.341. The highest BCUT2D eigenvalue weighted by atomic mass is 16.5. The summed E-state index contributed by atoms with van der Waals surface area (Å²) in [7, 11) is 0. The van der Waals surface area contributed by atoms with Gasteiger partial charge in [0.1, 0.15) is 0 Å². The zero-order valence-corrected chi connectivity index (χ0v) is 15.4. The number of aryl methyl sites for hydroxylation is 1. The first kappa shape index (κ1) is 20.1. The molecule has 0 saturated carbocycles. The summed E-state index contributed by atoms with van der Waals surface area (Å²) in [6.45, 7) is 13.5. The van der Waals surface area contributed by atoms with Gasteiger partial charge in [0, 0.05) is 39.3 Å². The molecule has 1 saturated heterocycles. The first-order valence-corrected chi connectivity index (χ1v) is 9.12. The number of aliphatic hydroxyl groups excluding tert-OH is 1. The number of benzene rings is 1. The van der Waals surface area contributed by atoms with Crippen LogP contribution in [0.25, 0.3) is 0 Å². The molecule has 1 atom stereocenters. The molecule has 0 amide bonds. The molecule has 1 aliphatic heterocycles. The van der Waals surface area contributed by atoms with Crippen molar-refractivity contribution in [1.82, 2.24) is 9.80 Å². The smallest absolute Gasteiger partial charge is 0.0900 e. The number of nitrogens with zero attached hydrogens (tertiary/aromatic N) is 2. The average Bonchev–Trinajstić information content (AvgIpc) is 2.63. The van der Waals surface area contributed by atoms with E-state index >= 15 is 0 Å². The minimum atomic E-state index is -0.491. The maximum Gasteiger partial charge on any atom is 0.0900 e. The van der Waals surface area contributed by atoms with Crippen molar-refractivity contribution in [3.63, 3.8) is 0 Å². The summed E-state index contributed by atoms with van der Waals surface area (Å²) in [4.78, 5) is 4.73. The van der Waals surface area contributed by atoms with Gasteiger partial charge < -0.3 is 14.6 Å². The highest BCUT2D eigenvalue weighted by Gasteiger charge is 2.16. The van der Waals surface area contributed by atoms with Crippen LogP contribution in [0.2, 0.25) is 0 Å². The van der Waals surface area contributed by atoms with Crippen LogP contribution in [0, 0.1) is 6.92 Å². The third-order valence-electron chi connectivity index (χ3n) is 4.38. The molecule has 1 fully saturated rings. The average molecular weight is 348 g/mol. The van der Waals surface area contributed by atoms with E-state index in [2.05, 4.69) is 47.6 Å².